The number of aliphatic hydroxyl groups is 1. The molecule has 0 bridgehead atoms. The van der Waals surface area contributed by atoms with E-state index < -0.39 is 0 Å². The van der Waals surface area contributed by atoms with E-state index in [1.54, 1.807) is 0 Å². The van der Waals surface area contributed by atoms with Crippen LogP contribution >= 0.6 is 0 Å². The molecule has 1 aromatic carbocycles. The maximum atomic E-state index is 12.8. The van der Waals surface area contributed by atoms with Crippen molar-refractivity contribution >= 4 is 10.9 Å². The molecule has 3 heterocycles. The van der Waals surface area contributed by atoms with E-state index in [0.29, 0.717) is 32.6 Å². The van der Waals surface area contributed by atoms with Gasteiger partial charge in [0.2, 0.25) is 5.82 Å². The van der Waals surface area contributed by atoms with Crippen LogP contribution in [0.1, 0.15) is 41.8 Å². The van der Waals surface area contributed by atoms with Crippen LogP contribution in [-0.4, -0.2) is 56.2 Å². The monoisotopic (exact) mass is 427 g/mol. The number of aromatic amines is 1. The number of aryl methyl sites for hydroxylation is 2. The van der Waals surface area contributed by atoms with Gasteiger partial charge in [-0.05, 0) is 60.2 Å². The minimum atomic E-state index is -0.0695. The maximum Gasteiger partial charge on any atom is 0.257 e. The highest BCUT2D eigenvalue weighted by atomic mass is 16.5. The molecule has 2 atom stereocenters. The molecule has 0 saturated carbocycles. The predicted molar refractivity (Wildman–Crippen MR) is 116 cm³/mol. The molecule has 0 spiro atoms. The summed E-state index contributed by atoms with van der Waals surface area (Å²) in [6, 6.07) is 6.16. The topological polar surface area (TPSA) is 110 Å². The Labute approximate surface area is 181 Å². The summed E-state index contributed by atoms with van der Waals surface area (Å²) < 4.78 is 7.53. The second-order valence-electron chi connectivity index (χ2n) is 8.51. The summed E-state index contributed by atoms with van der Waals surface area (Å²) in [7, 11) is 0. The van der Waals surface area contributed by atoms with Crippen molar-refractivity contribution in [1.29, 1.82) is 0 Å². The zero-order valence-corrected chi connectivity index (χ0v) is 18.2. The lowest BCUT2D eigenvalue weighted by atomic mass is 10.1. The minimum absolute atomic E-state index is 0.0695. The van der Waals surface area contributed by atoms with Crippen LogP contribution in [0.4, 0.5) is 0 Å². The van der Waals surface area contributed by atoms with Crippen LogP contribution in [0, 0.1) is 13.8 Å². The summed E-state index contributed by atoms with van der Waals surface area (Å²) in [5, 5.41) is 22.6. The van der Waals surface area contributed by atoms with Gasteiger partial charge in [0.05, 0.1) is 30.3 Å². The number of fused-ring (bicyclic) bond motifs is 1. The van der Waals surface area contributed by atoms with Crippen molar-refractivity contribution in [2.75, 3.05) is 19.8 Å². The standard InChI is InChI=1S/C22H30N6O3/c1-15-9-16(2)21-17(10-15)11-18(22(30)23-21)12-27(6-4-7-29)14-20-24-25-26-28(20)13-19-5-3-8-31-19/h9-11,19,29H,3-8,12-14H2,1-2H3,(H,23,30)/p+1/t19-/m1/s1. The molecule has 0 amide bonds. The Morgan fingerprint density at radius 3 is 2.94 bits per heavy atom. The van der Waals surface area contributed by atoms with E-state index >= 15 is 0 Å². The molecule has 0 radical (unpaired) electrons. The molecule has 166 valence electrons. The summed E-state index contributed by atoms with van der Waals surface area (Å²) in [4.78, 5) is 17.0. The van der Waals surface area contributed by atoms with Gasteiger partial charge in [0.1, 0.15) is 13.1 Å². The molecule has 1 aliphatic heterocycles. The first-order valence-electron chi connectivity index (χ1n) is 11.0. The Morgan fingerprint density at radius 1 is 1.29 bits per heavy atom. The second-order valence-corrected chi connectivity index (χ2v) is 8.51. The summed E-state index contributed by atoms with van der Waals surface area (Å²) in [6.07, 6.45) is 2.88. The van der Waals surface area contributed by atoms with Crippen molar-refractivity contribution in [3.8, 4) is 0 Å². The van der Waals surface area contributed by atoms with Gasteiger partial charge < -0.3 is 19.7 Å². The van der Waals surface area contributed by atoms with Crippen molar-refractivity contribution in [3.05, 3.63) is 51.1 Å². The molecular formula is C22H31N6O3+. The number of pyridine rings is 1. The molecule has 3 aromatic rings. The number of nitrogens with zero attached hydrogens (tertiary/aromatic N) is 4. The molecule has 1 fully saturated rings. The van der Waals surface area contributed by atoms with Crippen molar-refractivity contribution in [2.24, 2.45) is 0 Å². The van der Waals surface area contributed by atoms with Gasteiger partial charge in [0.15, 0.2) is 0 Å². The third-order valence-corrected chi connectivity index (χ3v) is 5.91. The van der Waals surface area contributed by atoms with Gasteiger partial charge in [-0.1, -0.05) is 11.6 Å². The van der Waals surface area contributed by atoms with Crippen LogP contribution in [0.2, 0.25) is 0 Å². The quantitative estimate of drug-likeness (QED) is 0.452. The van der Waals surface area contributed by atoms with Crippen LogP contribution in [0.25, 0.3) is 10.9 Å². The Morgan fingerprint density at radius 2 is 2.16 bits per heavy atom. The van der Waals surface area contributed by atoms with Crippen molar-refractivity contribution in [1.82, 2.24) is 25.2 Å². The first-order chi connectivity index (χ1) is 15.0. The van der Waals surface area contributed by atoms with E-state index in [0.717, 1.165) is 52.2 Å². The number of ether oxygens (including phenoxy) is 1. The van der Waals surface area contributed by atoms with Crippen LogP contribution in [0.5, 0.6) is 0 Å². The van der Waals surface area contributed by atoms with E-state index in [4.69, 9.17) is 4.74 Å². The molecule has 9 nitrogen and oxygen atoms in total. The van der Waals surface area contributed by atoms with Crippen LogP contribution < -0.4 is 10.5 Å². The first kappa shape index (κ1) is 21.6. The molecule has 9 heteroatoms. The molecule has 1 saturated heterocycles. The number of quaternary nitrogens is 1. The summed E-state index contributed by atoms with van der Waals surface area (Å²) >= 11 is 0. The van der Waals surface area contributed by atoms with E-state index in [9.17, 15) is 9.90 Å². The zero-order chi connectivity index (χ0) is 21.8. The van der Waals surface area contributed by atoms with Crippen LogP contribution in [0.3, 0.4) is 0 Å². The SMILES string of the molecule is Cc1cc(C)c2[nH]c(=O)c(C[NH+](CCCO)Cc3nnnn3C[C@H]3CCCO3)cc2c1. The largest absolute Gasteiger partial charge is 0.396 e. The fourth-order valence-electron chi connectivity index (χ4n) is 4.40. The minimum Gasteiger partial charge on any atom is -0.396 e. The smallest absolute Gasteiger partial charge is 0.257 e. The summed E-state index contributed by atoms with van der Waals surface area (Å²) in [5.41, 5.74) is 3.78. The fourth-order valence-corrected chi connectivity index (χ4v) is 4.40. The van der Waals surface area contributed by atoms with Gasteiger partial charge >= 0.3 is 0 Å². The average Bonchev–Trinajstić information content (AvgIpc) is 3.40. The van der Waals surface area contributed by atoms with Gasteiger partial charge in [0, 0.05) is 19.6 Å². The molecule has 31 heavy (non-hydrogen) atoms. The molecular weight excluding hydrogens is 396 g/mol. The number of hydrogen-bond acceptors (Lipinski definition) is 6. The average molecular weight is 428 g/mol. The lowest BCUT2D eigenvalue weighted by Crippen LogP contribution is -3.09. The predicted octanol–water partition coefficient (Wildman–Crippen LogP) is 0.278. The van der Waals surface area contributed by atoms with Gasteiger partial charge in [-0.3, -0.25) is 4.79 Å². The summed E-state index contributed by atoms with van der Waals surface area (Å²) in [5.74, 6) is 0.771. The fraction of sp³-hybridized carbons (Fsp3) is 0.545. The molecule has 1 unspecified atom stereocenters. The molecule has 3 N–H and O–H groups in total. The lowest BCUT2D eigenvalue weighted by molar-refractivity contribution is -0.928. The van der Waals surface area contributed by atoms with Crippen molar-refractivity contribution in [3.63, 3.8) is 0 Å². The Bertz CT molecular complexity index is 1090. The first-order valence-corrected chi connectivity index (χ1v) is 11.0. The number of rotatable bonds is 9. The Hall–Kier alpha value is -2.62. The third kappa shape index (κ3) is 5.17. The Balaban J connectivity index is 1.56. The number of tetrazole rings is 1. The molecule has 0 aliphatic carbocycles. The van der Waals surface area contributed by atoms with Crippen molar-refractivity contribution in [2.45, 2.75) is 58.8 Å². The number of aliphatic hydroxyl groups excluding tert-OH is 1. The lowest BCUT2D eigenvalue weighted by Gasteiger charge is -2.19. The Kier molecular flexibility index (Phi) is 6.74. The highest BCUT2D eigenvalue weighted by Crippen LogP contribution is 2.18. The van der Waals surface area contributed by atoms with Gasteiger partial charge in [-0.2, -0.15) is 0 Å². The maximum absolute atomic E-state index is 12.8. The number of nitrogens with one attached hydrogen (secondary N) is 2. The summed E-state index contributed by atoms with van der Waals surface area (Å²) in [6.45, 7) is 7.44. The highest BCUT2D eigenvalue weighted by molar-refractivity contribution is 5.82. The number of H-pyrrole nitrogens is 1. The normalized spacial score (nSPS) is 17.5. The number of benzene rings is 1. The van der Waals surface area contributed by atoms with E-state index in [-0.39, 0.29) is 18.3 Å². The van der Waals surface area contributed by atoms with Crippen LogP contribution in [0.15, 0.2) is 23.0 Å². The third-order valence-electron chi connectivity index (χ3n) is 5.91. The highest BCUT2D eigenvalue weighted by Gasteiger charge is 2.22. The van der Waals surface area contributed by atoms with E-state index in [2.05, 4.69) is 39.6 Å². The van der Waals surface area contributed by atoms with E-state index in [1.807, 2.05) is 17.7 Å². The van der Waals surface area contributed by atoms with Crippen molar-refractivity contribution < 1.29 is 14.7 Å². The number of aromatic nitrogens is 5. The molecule has 2 aromatic heterocycles. The van der Waals surface area contributed by atoms with Gasteiger partial charge in [-0.15, -0.1) is 5.10 Å². The van der Waals surface area contributed by atoms with Gasteiger partial charge in [-0.25, -0.2) is 4.68 Å². The van der Waals surface area contributed by atoms with Crippen LogP contribution in [-0.2, 0) is 24.4 Å². The second kappa shape index (κ2) is 9.67. The number of hydrogen-bond donors (Lipinski definition) is 3. The van der Waals surface area contributed by atoms with Gasteiger partial charge in [0.25, 0.3) is 5.56 Å². The van der Waals surface area contributed by atoms with E-state index in [1.165, 1.54) is 5.56 Å². The zero-order valence-electron chi connectivity index (χ0n) is 18.2. The molecule has 4 rings (SSSR count). The molecule has 1 aliphatic rings.